The van der Waals surface area contributed by atoms with E-state index in [-0.39, 0.29) is 0 Å². The SMILES string of the molecule is CCCCCCCCCN1C=CN(C)C1.O=C(O)c1ccccc1. The third-order valence-electron chi connectivity index (χ3n) is 4.01. The number of aromatic carboxylic acids is 1. The summed E-state index contributed by atoms with van der Waals surface area (Å²) in [5, 5.41) is 8.38. The summed E-state index contributed by atoms with van der Waals surface area (Å²) >= 11 is 0. The van der Waals surface area contributed by atoms with Crippen molar-refractivity contribution in [3.63, 3.8) is 0 Å². The largest absolute Gasteiger partial charge is 0.478 e. The van der Waals surface area contributed by atoms with Crippen molar-refractivity contribution in [2.45, 2.75) is 51.9 Å². The first-order valence-corrected chi connectivity index (χ1v) is 9.04. The first-order chi connectivity index (χ1) is 11.6. The number of rotatable bonds is 9. The van der Waals surface area contributed by atoms with Gasteiger partial charge in [-0.05, 0) is 18.6 Å². The predicted molar refractivity (Wildman–Crippen MR) is 99.9 cm³/mol. The molecular weight excluding hydrogens is 300 g/mol. The monoisotopic (exact) mass is 332 g/mol. The highest BCUT2D eigenvalue weighted by atomic mass is 16.4. The third kappa shape index (κ3) is 9.23. The maximum absolute atomic E-state index is 10.2. The zero-order chi connectivity index (χ0) is 17.6. The molecule has 0 spiro atoms. The van der Waals surface area contributed by atoms with Crippen LogP contribution in [0.2, 0.25) is 0 Å². The Morgan fingerprint density at radius 2 is 1.62 bits per heavy atom. The number of hydrogen-bond acceptors (Lipinski definition) is 3. The molecule has 0 saturated carbocycles. The normalized spacial score (nSPS) is 12.9. The van der Waals surface area contributed by atoms with Gasteiger partial charge in [-0.25, -0.2) is 4.79 Å². The Bertz CT molecular complexity index is 474. The number of carboxylic acid groups (broad SMARTS) is 1. The minimum absolute atomic E-state index is 0.331. The van der Waals surface area contributed by atoms with Crippen LogP contribution in [0.25, 0.3) is 0 Å². The van der Waals surface area contributed by atoms with Crippen molar-refractivity contribution in [3.05, 3.63) is 48.3 Å². The topological polar surface area (TPSA) is 43.8 Å². The van der Waals surface area contributed by atoms with Gasteiger partial charge in [-0.3, -0.25) is 0 Å². The van der Waals surface area contributed by atoms with E-state index in [0.717, 1.165) is 6.67 Å². The van der Waals surface area contributed by atoms with Crippen molar-refractivity contribution >= 4 is 5.97 Å². The minimum Gasteiger partial charge on any atom is -0.478 e. The second kappa shape index (κ2) is 12.5. The van der Waals surface area contributed by atoms with Crippen LogP contribution in [0.4, 0.5) is 0 Å². The molecule has 1 aromatic carbocycles. The molecule has 0 unspecified atom stereocenters. The molecule has 24 heavy (non-hydrogen) atoms. The Kier molecular flexibility index (Phi) is 10.4. The summed E-state index contributed by atoms with van der Waals surface area (Å²) in [6.45, 7) is 4.58. The highest BCUT2D eigenvalue weighted by molar-refractivity contribution is 5.87. The standard InChI is InChI=1S/C13H26N2.C7H6O2/c1-3-4-5-6-7-8-9-10-15-12-11-14(2)13-15;8-7(9)6-4-2-1-3-5-6/h11-12H,3-10,13H2,1-2H3;1-5H,(H,8,9). The first-order valence-electron chi connectivity index (χ1n) is 9.04. The molecule has 0 amide bonds. The number of benzene rings is 1. The lowest BCUT2D eigenvalue weighted by atomic mass is 10.1. The molecule has 1 heterocycles. The minimum atomic E-state index is -0.879. The lowest BCUT2D eigenvalue weighted by molar-refractivity contribution is 0.0697. The molecule has 4 nitrogen and oxygen atoms in total. The molecule has 1 aliphatic rings. The van der Waals surface area contributed by atoms with Crippen molar-refractivity contribution in [1.29, 1.82) is 0 Å². The summed E-state index contributed by atoms with van der Waals surface area (Å²) in [6.07, 6.45) is 14.2. The molecule has 0 aliphatic carbocycles. The van der Waals surface area contributed by atoms with E-state index in [1.54, 1.807) is 30.3 Å². The molecule has 1 aliphatic heterocycles. The molecule has 0 saturated heterocycles. The molecular formula is C20H32N2O2. The van der Waals surface area contributed by atoms with Crippen molar-refractivity contribution in [1.82, 2.24) is 9.80 Å². The van der Waals surface area contributed by atoms with Gasteiger partial charge in [0.25, 0.3) is 0 Å². The highest BCUT2D eigenvalue weighted by Crippen LogP contribution is 2.09. The van der Waals surface area contributed by atoms with Crippen LogP contribution >= 0.6 is 0 Å². The van der Waals surface area contributed by atoms with Gasteiger partial charge in [0, 0.05) is 26.0 Å². The molecule has 0 bridgehead atoms. The molecule has 4 heteroatoms. The van der Waals surface area contributed by atoms with E-state index in [1.165, 1.54) is 51.5 Å². The average molecular weight is 332 g/mol. The quantitative estimate of drug-likeness (QED) is 0.660. The van der Waals surface area contributed by atoms with Crippen LogP contribution in [0.5, 0.6) is 0 Å². The predicted octanol–water partition coefficient (Wildman–Crippen LogP) is 4.80. The van der Waals surface area contributed by atoms with Crippen LogP contribution in [0.1, 0.15) is 62.2 Å². The van der Waals surface area contributed by atoms with Gasteiger partial charge in [-0.2, -0.15) is 0 Å². The molecule has 1 aromatic rings. The van der Waals surface area contributed by atoms with Crippen LogP contribution in [0.15, 0.2) is 42.7 Å². The second-order valence-electron chi connectivity index (χ2n) is 6.30. The fraction of sp³-hybridized carbons (Fsp3) is 0.550. The van der Waals surface area contributed by atoms with Crippen LogP contribution in [-0.4, -0.2) is 41.1 Å². The van der Waals surface area contributed by atoms with E-state index >= 15 is 0 Å². The molecule has 0 radical (unpaired) electrons. The van der Waals surface area contributed by atoms with Gasteiger partial charge in [0.2, 0.25) is 0 Å². The van der Waals surface area contributed by atoms with Crippen LogP contribution in [0.3, 0.4) is 0 Å². The summed E-state index contributed by atoms with van der Waals surface area (Å²) in [4.78, 5) is 14.8. The van der Waals surface area contributed by atoms with Crippen LogP contribution < -0.4 is 0 Å². The van der Waals surface area contributed by atoms with Gasteiger partial charge in [0.15, 0.2) is 0 Å². The van der Waals surface area contributed by atoms with E-state index in [0.29, 0.717) is 5.56 Å². The van der Waals surface area contributed by atoms with Crippen molar-refractivity contribution < 1.29 is 9.90 Å². The number of carbonyl (C=O) groups is 1. The summed E-state index contributed by atoms with van der Waals surface area (Å²) in [5.41, 5.74) is 0.331. The van der Waals surface area contributed by atoms with Gasteiger partial charge in [-0.1, -0.05) is 63.6 Å². The third-order valence-corrected chi connectivity index (χ3v) is 4.01. The van der Waals surface area contributed by atoms with Crippen molar-refractivity contribution in [2.75, 3.05) is 20.3 Å². The summed E-state index contributed by atoms with van der Waals surface area (Å²) in [7, 11) is 2.13. The van der Waals surface area contributed by atoms with Gasteiger partial charge in [-0.15, -0.1) is 0 Å². The maximum atomic E-state index is 10.2. The van der Waals surface area contributed by atoms with Crippen LogP contribution in [-0.2, 0) is 0 Å². The van der Waals surface area contributed by atoms with Gasteiger partial charge < -0.3 is 14.9 Å². The van der Waals surface area contributed by atoms with E-state index in [1.807, 2.05) is 0 Å². The maximum Gasteiger partial charge on any atom is 0.335 e. The highest BCUT2D eigenvalue weighted by Gasteiger charge is 2.06. The molecule has 0 atom stereocenters. The zero-order valence-electron chi connectivity index (χ0n) is 15.2. The van der Waals surface area contributed by atoms with Gasteiger partial charge in [0.1, 0.15) is 0 Å². The summed E-state index contributed by atoms with van der Waals surface area (Å²) < 4.78 is 0. The van der Waals surface area contributed by atoms with Crippen molar-refractivity contribution in [2.24, 2.45) is 0 Å². The lowest BCUT2D eigenvalue weighted by Gasteiger charge is -2.17. The molecule has 0 fully saturated rings. The summed E-state index contributed by atoms with van der Waals surface area (Å²) in [5.74, 6) is -0.879. The van der Waals surface area contributed by atoms with E-state index < -0.39 is 5.97 Å². The Morgan fingerprint density at radius 3 is 2.12 bits per heavy atom. The molecule has 1 N–H and O–H groups in total. The number of unbranched alkanes of at least 4 members (excludes halogenated alkanes) is 6. The Morgan fingerprint density at radius 1 is 1.00 bits per heavy atom. The van der Waals surface area contributed by atoms with E-state index in [4.69, 9.17) is 5.11 Å². The fourth-order valence-electron chi connectivity index (χ4n) is 2.59. The zero-order valence-corrected chi connectivity index (χ0v) is 15.2. The Labute approximate surface area is 146 Å². The Hall–Kier alpha value is -1.97. The average Bonchev–Trinajstić information content (AvgIpc) is 3.01. The molecule has 0 aromatic heterocycles. The first kappa shape index (κ1) is 20.1. The Balaban J connectivity index is 0.000000272. The lowest BCUT2D eigenvalue weighted by Crippen LogP contribution is -2.23. The van der Waals surface area contributed by atoms with Crippen molar-refractivity contribution in [3.8, 4) is 0 Å². The fourth-order valence-corrected chi connectivity index (χ4v) is 2.59. The molecule has 2 rings (SSSR count). The second-order valence-corrected chi connectivity index (χ2v) is 6.30. The smallest absolute Gasteiger partial charge is 0.335 e. The number of carboxylic acids is 1. The number of nitrogens with zero attached hydrogens (tertiary/aromatic N) is 2. The molecule has 134 valence electrons. The van der Waals surface area contributed by atoms with Gasteiger partial charge >= 0.3 is 5.97 Å². The van der Waals surface area contributed by atoms with Gasteiger partial charge in [0.05, 0.1) is 12.2 Å². The van der Waals surface area contributed by atoms with E-state index in [9.17, 15) is 4.79 Å². The van der Waals surface area contributed by atoms with E-state index in [2.05, 4.69) is 36.2 Å². The summed E-state index contributed by atoms with van der Waals surface area (Å²) in [6, 6.07) is 8.30. The van der Waals surface area contributed by atoms with Crippen LogP contribution in [0, 0.1) is 0 Å². The number of hydrogen-bond donors (Lipinski definition) is 1.